The summed E-state index contributed by atoms with van der Waals surface area (Å²) in [5, 5.41) is 10.3. The predicted molar refractivity (Wildman–Crippen MR) is 96.1 cm³/mol. The lowest BCUT2D eigenvalue weighted by molar-refractivity contribution is -0.142. The van der Waals surface area contributed by atoms with Crippen LogP contribution in [0.1, 0.15) is 22.4 Å². The number of hydrogen-bond acceptors (Lipinski definition) is 4. The molecule has 3 rings (SSSR count). The number of H-pyrrole nitrogens is 1. The molecule has 1 aromatic heterocycles. The molecule has 0 saturated heterocycles. The van der Waals surface area contributed by atoms with Gasteiger partial charge in [0, 0.05) is 24.4 Å². The topological polar surface area (TPSA) is 63.2 Å². The van der Waals surface area contributed by atoms with Gasteiger partial charge >= 0.3 is 12.4 Å². The van der Waals surface area contributed by atoms with Crippen LogP contribution in [0.4, 0.5) is 26.3 Å². The number of alkyl halides is 6. The van der Waals surface area contributed by atoms with Gasteiger partial charge in [-0.15, -0.1) is 5.10 Å². The highest BCUT2D eigenvalue weighted by atomic mass is 19.4. The Labute approximate surface area is 166 Å². The molecule has 0 saturated carbocycles. The minimum Gasteiger partial charge on any atom is -0.489 e. The lowest BCUT2D eigenvalue weighted by Crippen LogP contribution is -2.14. The molecule has 0 spiro atoms. The summed E-state index contributed by atoms with van der Waals surface area (Å²) in [6.07, 6.45) is -8.06. The molecule has 5 nitrogen and oxygen atoms in total. The van der Waals surface area contributed by atoms with Crippen LogP contribution in [0, 0.1) is 0 Å². The van der Waals surface area contributed by atoms with Crippen LogP contribution >= 0.6 is 0 Å². The van der Waals surface area contributed by atoms with Gasteiger partial charge in [0.25, 0.3) is 0 Å². The number of rotatable bonds is 5. The molecule has 11 heteroatoms. The molecule has 0 bridgehead atoms. The number of aromatic amines is 1. The molecule has 1 heterocycles. The maximum absolute atomic E-state index is 13.1. The largest absolute Gasteiger partial charge is 0.489 e. The molecule has 0 aliphatic rings. The van der Waals surface area contributed by atoms with Crippen LogP contribution in [0.5, 0.6) is 5.75 Å². The highest BCUT2D eigenvalue weighted by Gasteiger charge is 2.37. The minimum atomic E-state index is -4.81. The molecule has 0 aliphatic heterocycles. The monoisotopic (exact) mass is 428 g/mol. The summed E-state index contributed by atoms with van der Waals surface area (Å²) in [6.45, 7) is -0.685. The Balaban J connectivity index is 1.82. The molecule has 0 fully saturated rings. The standard InChI is InChI=1S/C19H14F6N4O/c1-26-9-16-17(28-29-27-16)11-2-5-14(6-3-11)30-10-12-8-13(18(20,21)22)4-7-15(12)19(23,24)25/h2-9H,10H2,1H3,(H,27,28,29)/b26-9+. The van der Waals surface area contributed by atoms with E-state index in [1.165, 1.54) is 18.3 Å². The number of aromatic nitrogens is 3. The minimum absolute atomic E-state index is 0.179. The van der Waals surface area contributed by atoms with Crippen molar-refractivity contribution < 1.29 is 31.1 Å². The van der Waals surface area contributed by atoms with Crippen molar-refractivity contribution in [2.45, 2.75) is 19.0 Å². The second-order valence-electron chi connectivity index (χ2n) is 6.14. The lowest BCUT2D eigenvalue weighted by Gasteiger charge is -2.16. The van der Waals surface area contributed by atoms with E-state index in [1.54, 1.807) is 19.2 Å². The van der Waals surface area contributed by atoms with Gasteiger partial charge in [0.15, 0.2) is 0 Å². The summed E-state index contributed by atoms with van der Waals surface area (Å²) in [7, 11) is 1.57. The first-order chi connectivity index (χ1) is 14.1. The van der Waals surface area contributed by atoms with Crippen LogP contribution in [0.25, 0.3) is 11.3 Å². The van der Waals surface area contributed by atoms with Gasteiger partial charge < -0.3 is 4.74 Å². The predicted octanol–water partition coefficient (Wildman–Crippen LogP) is 5.14. The van der Waals surface area contributed by atoms with E-state index < -0.39 is 35.6 Å². The number of hydrogen-bond donors (Lipinski definition) is 1. The molecule has 0 amide bonds. The van der Waals surface area contributed by atoms with Gasteiger partial charge in [-0.25, -0.2) is 0 Å². The maximum Gasteiger partial charge on any atom is 0.416 e. The smallest absolute Gasteiger partial charge is 0.416 e. The molecule has 1 N–H and O–H groups in total. The fourth-order valence-electron chi connectivity index (χ4n) is 2.70. The third-order valence-electron chi connectivity index (χ3n) is 4.09. The fraction of sp³-hybridized carbons (Fsp3) is 0.211. The van der Waals surface area contributed by atoms with Crippen LogP contribution < -0.4 is 4.74 Å². The van der Waals surface area contributed by atoms with Crippen molar-refractivity contribution in [1.82, 2.24) is 15.4 Å². The molecular formula is C19H14F6N4O. The fourth-order valence-corrected chi connectivity index (χ4v) is 2.70. The Morgan fingerprint density at radius 1 is 1.00 bits per heavy atom. The molecule has 0 aliphatic carbocycles. The Morgan fingerprint density at radius 3 is 2.30 bits per heavy atom. The first-order valence-electron chi connectivity index (χ1n) is 8.43. The van der Waals surface area contributed by atoms with Crippen molar-refractivity contribution in [2.75, 3.05) is 7.05 Å². The van der Waals surface area contributed by atoms with Crippen molar-refractivity contribution in [1.29, 1.82) is 0 Å². The Morgan fingerprint density at radius 2 is 1.70 bits per heavy atom. The first kappa shape index (κ1) is 21.3. The van der Waals surface area contributed by atoms with E-state index >= 15 is 0 Å². The van der Waals surface area contributed by atoms with Crippen LogP contribution in [0.15, 0.2) is 47.5 Å². The van der Waals surface area contributed by atoms with E-state index in [9.17, 15) is 26.3 Å². The van der Waals surface area contributed by atoms with Crippen molar-refractivity contribution in [3.63, 3.8) is 0 Å². The van der Waals surface area contributed by atoms with Gasteiger partial charge in [-0.2, -0.15) is 26.3 Å². The van der Waals surface area contributed by atoms with Crippen molar-refractivity contribution in [3.05, 3.63) is 64.8 Å². The molecule has 0 unspecified atom stereocenters. The molecule has 3 aromatic rings. The number of aliphatic imine (C=N–C) groups is 1. The second kappa shape index (κ2) is 8.17. The second-order valence-corrected chi connectivity index (χ2v) is 6.14. The summed E-state index contributed by atoms with van der Waals surface area (Å²) in [4.78, 5) is 3.86. The van der Waals surface area contributed by atoms with Crippen molar-refractivity contribution in [2.24, 2.45) is 4.99 Å². The first-order valence-corrected chi connectivity index (χ1v) is 8.43. The summed E-state index contributed by atoms with van der Waals surface area (Å²) < 4.78 is 83.4. The summed E-state index contributed by atoms with van der Waals surface area (Å²) >= 11 is 0. The maximum atomic E-state index is 13.1. The molecule has 30 heavy (non-hydrogen) atoms. The van der Waals surface area contributed by atoms with Gasteiger partial charge in [0.05, 0.1) is 11.1 Å². The molecule has 158 valence electrons. The average molecular weight is 428 g/mol. The van der Waals surface area contributed by atoms with Crippen LogP contribution in [0.3, 0.4) is 0 Å². The van der Waals surface area contributed by atoms with E-state index in [2.05, 4.69) is 20.4 Å². The summed E-state index contributed by atoms with van der Waals surface area (Å²) in [5.41, 5.74) is -1.27. The van der Waals surface area contributed by atoms with Gasteiger partial charge in [-0.1, -0.05) is 5.21 Å². The van der Waals surface area contributed by atoms with Gasteiger partial charge in [0.2, 0.25) is 0 Å². The van der Waals surface area contributed by atoms with Crippen molar-refractivity contribution >= 4 is 6.21 Å². The lowest BCUT2D eigenvalue weighted by atomic mass is 10.0. The zero-order chi connectivity index (χ0) is 21.9. The summed E-state index contributed by atoms with van der Waals surface area (Å²) in [6, 6.07) is 7.38. The highest BCUT2D eigenvalue weighted by Crippen LogP contribution is 2.37. The normalized spacial score (nSPS) is 12.5. The van der Waals surface area contributed by atoms with Gasteiger partial charge in [-0.05, 0) is 42.5 Å². The van der Waals surface area contributed by atoms with Crippen LogP contribution in [-0.4, -0.2) is 28.7 Å². The molecular weight excluding hydrogens is 414 g/mol. The van der Waals surface area contributed by atoms with Crippen molar-refractivity contribution in [3.8, 4) is 17.0 Å². The van der Waals surface area contributed by atoms with E-state index in [0.717, 1.165) is 0 Å². The quantitative estimate of drug-likeness (QED) is 0.452. The van der Waals surface area contributed by atoms with Gasteiger partial charge in [-0.3, -0.25) is 10.1 Å². The number of nitrogens with one attached hydrogen (secondary N) is 1. The molecule has 2 aromatic carbocycles. The van der Waals surface area contributed by atoms with E-state index in [1.807, 2.05) is 0 Å². The third-order valence-corrected chi connectivity index (χ3v) is 4.09. The van der Waals surface area contributed by atoms with E-state index in [-0.39, 0.29) is 5.75 Å². The summed E-state index contributed by atoms with van der Waals surface area (Å²) in [5.74, 6) is 0.179. The number of ether oxygens (including phenoxy) is 1. The van der Waals surface area contributed by atoms with Crippen LogP contribution in [0.2, 0.25) is 0 Å². The number of halogens is 6. The Hall–Kier alpha value is -3.37. The molecule has 0 atom stereocenters. The van der Waals surface area contributed by atoms with Crippen LogP contribution in [-0.2, 0) is 19.0 Å². The Bertz CT molecular complexity index is 1040. The van der Waals surface area contributed by atoms with E-state index in [4.69, 9.17) is 4.74 Å². The average Bonchev–Trinajstić information content (AvgIpc) is 3.14. The third kappa shape index (κ3) is 4.78. The van der Waals surface area contributed by atoms with E-state index in [0.29, 0.717) is 35.2 Å². The number of benzene rings is 2. The SMILES string of the molecule is C/N=C/c1[nH]nnc1-c1ccc(OCc2cc(C(F)(F)F)ccc2C(F)(F)F)cc1. The highest BCUT2D eigenvalue weighted by molar-refractivity contribution is 5.86. The van der Waals surface area contributed by atoms with Gasteiger partial charge in [0.1, 0.15) is 23.7 Å². The molecule has 0 radical (unpaired) electrons. The zero-order valence-corrected chi connectivity index (χ0v) is 15.3. The Kier molecular flexibility index (Phi) is 5.81. The number of nitrogens with zero attached hydrogens (tertiary/aromatic N) is 3. The zero-order valence-electron chi connectivity index (χ0n) is 15.3.